The number of nitrogens with zero attached hydrogens (tertiary/aromatic N) is 2. The number of phenols is 1. The first-order valence-electron chi connectivity index (χ1n) is 7.45. The molecule has 0 bridgehead atoms. The molecule has 1 aliphatic rings. The van der Waals surface area contributed by atoms with E-state index in [0.717, 1.165) is 24.5 Å². The van der Waals surface area contributed by atoms with Crippen molar-refractivity contribution in [3.63, 3.8) is 0 Å². The molecule has 5 nitrogen and oxygen atoms in total. The largest absolute Gasteiger partial charge is 0.508 e. The van der Waals surface area contributed by atoms with Crippen molar-refractivity contribution in [2.24, 2.45) is 0 Å². The van der Waals surface area contributed by atoms with Crippen LogP contribution in [-0.4, -0.2) is 29.1 Å². The van der Waals surface area contributed by atoms with Gasteiger partial charge in [0, 0.05) is 25.0 Å². The Hall–Kier alpha value is -2.56. The lowest BCUT2D eigenvalue weighted by atomic mass is 10.1. The molecule has 22 heavy (non-hydrogen) atoms. The number of phenolic OH excluding ortho intramolecular Hbond substituents is 1. The lowest BCUT2D eigenvalue weighted by Crippen LogP contribution is -2.19. The summed E-state index contributed by atoms with van der Waals surface area (Å²) in [6, 6.07) is 8.55. The van der Waals surface area contributed by atoms with Gasteiger partial charge in [-0.05, 0) is 55.7 Å². The summed E-state index contributed by atoms with van der Waals surface area (Å²) in [5.41, 5.74) is 2.02. The second-order valence-electron chi connectivity index (χ2n) is 5.55. The summed E-state index contributed by atoms with van der Waals surface area (Å²) in [5.74, 6) is 0.913. The van der Waals surface area contributed by atoms with Crippen molar-refractivity contribution in [1.82, 2.24) is 4.98 Å². The third-order valence-corrected chi connectivity index (χ3v) is 3.90. The molecule has 0 aliphatic carbocycles. The molecule has 0 spiro atoms. The normalized spacial score (nSPS) is 14.1. The molecule has 2 N–H and O–H groups in total. The van der Waals surface area contributed by atoms with Crippen LogP contribution in [0.2, 0.25) is 0 Å². The zero-order valence-corrected chi connectivity index (χ0v) is 12.5. The SMILES string of the molecule is Cc1cc(O)ccc1NC(=O)c1ccc(N2CCCC2)nc1. The van der Waals surface area contributed by atoms with E-state index in [1.807, 2.05) is 13.0 Å². The molecule has 0 radical (unpaired) electrons. The van der Waals surface area contributed by atoms with Crippen LogP contribution < -0.4 is 10.2 Å². The van der Waals surface area contributed by atoms with Gasteiger partial charge in [0.15, 0.2) is 0 Å². The summed E-state index contributed by atoms with van der Waals surface area (Å²) in [6.07, 6.45) is 4.01. The van der Waals surface area contributed by atoms with E-state index in [0.29, 0.717) is 11.3 Å². The Balaban J connectivity index is 1.71. The maximum Gasteiger partial charge on any atom is 0.257 e. The van der Waals surface area contributed by atoms with Crippen molar-refractivity contribution in [2.75, 3.05) is 23.3 Å². The fraction of sp³-hybridized carbons (Fsp3) is 0.294. The Morgan fingerprint density at radius 1 is 1.23 bits per heavy atom. The van der Waals surface area contributed by atoms with Crippen LogP contribution in [0.25, 0.3) is 0 Å². The highest BCUT2D eigenvalue weighted by atomic mass is 16.3. The topological polar surface area (TPSA) is 65.5 Å². The number of hydrogen-bond acceptors (Lipinski definition) is 4. The molecule has 0 unspecified atom stereocenters. The molecule has 1 amide bonds. The van der Waals surface area contributed by atoms with E-state index in [1.165, 1.54) is 12.8 Å². The van der Waals surface area contributed by atoms with Gasteiger partial charge in [0.25, 0.3) is 5.91 Å². The van der Waals surface area contributed by atoms with E-state index in [4.69, 9.17) is 0 Å². The summed E-state index contributed by atoms with van der Waals surface area (Å²) in [6.45, 7) is 3.90. The van der Waals surface area contributed by atoms with E-state index in [1.54, 1.807) is 30.5 Å². The first kappa shape index (κ1) is 14.4. The number of pyridine rings is 1. The van der Waals surface area contributed by atoms with E-state index in [2.05, 4.69) is 15.2 Å². The number of aromatic hydroxyl groups is 1. The number of aromatic nitrogens is 1. The van der Waals surface area contributed by atoms with Gasteiger partial charge in [-0.3, -0.25) is 4.79 Å². The van der Waals surface area contributed by atoms with Crippen LogP contribution in [0.4, 0.5) is 11.5 Å². The summed E-state index contributed by atoms with van der Waals surface area (Å²) in [5, 5.41) is 12.2. The summed E-state index contributed by atoms with van der Waals surface area (Å²) >= 11 is 0. The summed E-state index contributed by atoms with van der Waals surface area (Å²) in [4.78, 5) is 18.9. The molecular weight excluding hydrogens is 278 g/mol. The Kier molecular flexibility index (Phi) is 3.96. The van der Waals surface area contributed by atoms with E-state index in [9.17, 15) is 9.90 Å². The fourth-order valence-corrected chi connectivity index (χ4v) is 2.64. The van der Waals surface area contributed by atoms with Crippen LogP contribution in [0.15, 0.2) is 36.5 Å². The zero-order valence-electron chi connectivity index (χ0n) is 12.5. The minimum atomic E-state index is -0.200. The van der Waals surface area contributed by atoms with Crippen molar-refractivity contribution in [1.29, 1.82) is 0 Å². The van der Waals surface area contributed by atoms with Crippen LogP contribution in [-0.2, 0) is 0 Å². The van der Waals surface area contributed by atoms with Gasteiger partial charge < -0.3 is 15.3 Å². The van der Waals surface area contributed by atoms with Gasteiger partial charge >= 0.3 is 0 Å². The van der Waals surface area contributed by atoms with Gasteiger partial charge in [-0.2, -0.15) is 0 Å². The number of rotatable bonds is 3. The lowest BCUT2D eigenvalue weighted by molar-refractivity contribution is 0.102. The molecule has 1 aromatic carbocycles. The van der Waals surface area contributed by atoms with Crippen molar-refractivity contribution in [2.45, 2.75) is 19.8 Å². The Morgan fingerprint density at radius 3 is 2.64 bits per heavy atom. The Morgan fingerprint density at radius 2 is 2.00 bits per heavy atom. The molecule has 1 saturated heterocycles. The van der Waals surface area contributed by atoms with E-state index >= 15 is 0 Å². The molecule has 0 atom stereocenters. The fourth-order valence-electron chi connectivity index (χ4n) is 2.64. The molecule has 114 valence electrons. The molecular formula is C17H19N3O2. The van der Waals surface area contributed by atoms with Crippen LogP contribution in [0.1, 0.15) is 28.8 Å². The summed E-state index contributed by atoms with van der Waals surface area (Å²) in [7, 11) is 0. The number of benzene rings is 1. The predicted octanol–water partition coefficient (Wildman–Crippen LogP) is 2.95. The van der Waals surface area contributed by atoms with Gasteiger partial charge in [-0.25, -0.2) is 4.98 Å². The number of hydrogen-bond donors (Lipinski definition) is 2. The summed E-state index contributed by atoms with van der Waals surface area (Å²) < 4.78 is 0. The highest BCUT2D eigenvalue weighted by molar-refractivity contribution is 6.04. The highest BCUT2D eigenvalue weighted by Crippen LogP contribution is 2.21. The molecule has 0 saturated carbocycles. The average molecular weight is 297 g/mol. The second kappa shape index (κ2) is 6.05. The van der Waals surface area contributed by atoms with E-state index in [-0.39, 0.29) is 11.7 Å². The smallest absolute Gasteiger partial charge is 0.257 e. The molecule has 1 aliphatic heterocycles. The number of anilines is 2. The van der Waals surface area contributed by atoms with Gasteiger partial charge in [0.1, 0.15) is 11.6 Å². The highest BCUT2D eigenvalue weighted by Gasteiger charge is 2.14. The Labute approximate surface area is 129 Å². The first-order chi connectivity index (χ1) is 10.6. The van der Waals surface area contributed by atoms with Gasteiger partial charge in [-0.15, -0.1) is 0 Å². The first-order valence-corrected chi connectivity index (χ1v) is 7.45. The quantitative estimate of drug-likeness (QED) is 0.855. The van der Waals surface area contributed by atoms with Gasteiger partial charge in [0.05, 0.1) is 5.56 Å². The second-order valence-corrected chi connectivity index (χ2v) is 5.55. The number of nitrogens with one attached hydrogen (secondary N) is 1. The maximum atomic E-state index is 12.3. The number of carbonyl (C=O) groups is 1. The third kappa shape index (κ3) is 3.03. The number of carbonyl (C=O) groups excluding carboxylic acids is 1. The van der Waals surface area contributed by atoms with E-state index < -0.39 is 0 Å². The van der Waals surface area contributed by atoms with Crippen LogP contribution in [0.3, 0.4) is 0 Å². The van der Waals surface area contributed by atoms with Crippen molar-refractivity contribution in [3.8, 4) is 5.75 Å². The molecule has 1 aromatic heterocycles. The van der Waals surface area contributed by atoms with Crippen molar-refractivity contribution >= 4 is 17.4 Å². The van der Waals surface area contributed by atoms with Crippen LogP contribution in [0, 0.1) is 6.92 Å². The van der Waals surface area contributed by atoms with Gasteiger partial charge in [0.2, 0.25) is 0 Å². The van der Waals surface area contributed by atoms with Crippen LogP contribution >= 0.6 is 0 Å². The minimum absolute atomic E-state index is 0.187. The van der Waals surface area contributed by atoms with Crippen LogP contribution in [0.5, 0.6) is 5.75 Å². The molecule has 1 fully saturated rings. The average Bonchev–Trinajstić information content (AvgIpc) is 3.04. The molecule has 3 rings (SSSR count). The zero-order chi connectivity index (χ0) is 15.5. The molecule has 5 heteroatoms. The number of aryl methyl sites for hydroxylation is 1. The van der Waals surface area contributed by atoms with Crippen molar-refractivity contribution < 1.29 is 9.90 Å². The number of amides is 1. The Bertz CT molecular complexity index is 677. The maximum absolute atomic E-state index is 12.3. The van der Waals surface area contributed by atoms with Gasteiger partial charge in [-0.1, -0.05) is 0 Å². The molecule has 2 aromatic rings. The monoisotopic (exact) mass is 297 g/mol. The molecule has 2 heterocycles. The standard InChI is InChI=1S/C17H19N3O2/c1-12-10-14(21)5-6-15(12)19-17(22)13-4-7-16(18-11-13)20-8-2-3-9-20/h4-7,10-11,21H,2-3,8-9H2,1H3,(H,19,22). The lowest BCUT2D eigenvalue weighted by Gasteiger charge is -2.16. The van der Waals surface area contributed by atoms with Crippen molar-refractivity contribution in [3.05, 3.63) is 47.7 Å². The third-order valence-electron chi connectivity index (χ3n) is 3.90. The predicted molar refractivity (Wildman–Crippen MR) is 86.5 cm³/mol. The minimum Gasteiger partial charge on any atom is -0.508 e.